The third-order valence-electron chi connectivity index (χ3n) is 5.36. The maximum Gasteiger partial charge on any atom is 0.256 e. The fourth-order valence-electron chi connectivity index (χ4n) is 3.67. The molecule has 0 saturated carbocycles. The van der Waals surface area contributed by atoms with E-state index in [0.717, 1.165) is 18.7 Å². The van der Waals surface area contributed by atoms with Crippen LogP contribution in [0.1, 0.15) is 54.7 Å². The second-order valence-corrected chi connectivity index (χ2v) is 8.30. The highest BCUT2D eigenvalue weighted by atomic mass is 35.5. The first-order valence-electron chi connectivity index (χ1n) is 9.68. The number of likely N-dealkylation sites (tertiary alicyclic amines) is 1. The van der Waals surface area contributed by atoms with Gasteiger partial charge in [0.05, 0.1) is 17.8 Å². The van der Waals surface area contributed by atoms with Crippen LogP contribution in [-0.2, 0) is 6.54 Å². The van der Waals surface area contributed by atoms with E-state index in [2.05, 4.69) is 29.2 Å². The maximum atomic E-state index is 12.8. The first kappa shape index (κ1) is 19.9. The highest BCUT2D eigenvalue weighted by Gasteiger charge is 2.29. The fourth-order valence-corrected chi connectivity index (χ4v) is 3.99. The summed E-state index contributed by atoms with van der Waals surface area (Å²) in [4.78, 5) is 15.3. The SMILES string of the molecule is Cc1nn(Cc2ccccc2)c(Cl)c1C(=O)NCC(C)(C)N1CCCCC1. The highest BCUT2D eigenvalue weighted by Crippen LogP contribution is 2.23. The molecule has 0 atom stereocenters. The minimum absolute atomic E-state index is 0.0729. The quantitative estimate of drug-likeness (QED) is 0.816. The summed E-state index contributed by atoms with van der Waals surface area (Å²) < 4.78 is 1.69. The number of hydrogen-bond donors (Lipinski definition) is 1. The predicted molar refractivity (Wildman–Crippen MR) is 109 cm³/mol. The van der Waals surface area contributed by atoms with Crippen molar-refractivity contribution in [2.45, 2.75) is 52.1 Å². The first-order chi connectivity index (χ1) is 12.9. The van der Waals surface area contributed by atoms with Gasteiger partial charge in [-0.2, -0.15) is 5.10 Å². The zero-order valence-corrected chi connectivity index (χ0v) is 17.2. The molecule has 5 nitrogen and oxygen atoms in total. The van der Waals surface area contributed by atoms with Crippen LogP contribution in [0.2, 0.25) is 5.15 Å². The van der Waals surface area contributed by atoms with E-state index in [4.69, 9.17) is 11.6 Å². The van der Waals surface area contributed by atoms with E-state index in [1.807, 2.05) is 37.3 Å². The lowest BCUT2D eigenvalue weighted by Crippen LogP contribution is -2.53. The molecule has 2 heterocycles. The topological polar surface area (TPSA) is 50.2 Å². The van der Waals surface area contributed by atoms with Crippen molar-refractivity contribution >= 4 is 17.5 Å². The van der Waals surface area contributed by atoms with Crippen LogP contribution in [-0.4, -0.2) is 45.8 Å². The number of rotatable bonds is 6. The van der Waals surface area contributed by atoms with Crippen molar-refractivity contribution in [1.29, 1.82) is 0 Å². The van der Waals surface area contributed by atoms with Gasteiger partial charge in [0.1, 0.15) is 5.15 Å². The molecule has 1 aliphatic heterocycles. The summed E-state index contributed by atoms with van der Waals surface area (Å²) in [6.45, 7) is 9.53. The van der Waals surface area contributed by atoms with Crippen LogP contribution in [0.15, 0.2) is 30.3 Å². The van der Waals surface area contributed by atoms with Gasteiger partial charge >= 0.3 is 0 Å². The van der Waals surface area contributed by atoms with Gasteiger partial charge in [-0.25, -0.2) is 4.68 Å². The number of piperidine rings is 1. The average molecular weight is 389 g/mol. The van der Waals surface area contributed by atoms with Gasteiger partial charge in [0.15, 0.2) is 0 Å². The summed E-state index contributed by atoms with van der Waals surface area (Å²) in [5.41, 5.74) is 2.16. The molecule has 1 aliphatic rings. The Hall–Kier alpha value is -1.85. The van der Waals surface area contributed by atoms with Crippen LogP contribution in [0.25, 0.3) is 0 Å². The summed E-state index contributed by atoms with van der Waals surface area (Å²) in [7, 11) is 0. The lowest BCUT2D eigenvalue weighted by atomic mass is 9.98. The smallest absolute Gasteiger partial charge is 0.256 e. The van der Waals surface area contributed by atoms with Crippen LogP contribution < -0.4 is 5.32 Å². The predicted octanol–water partition coefficient (Wildman–Crippen LogP) is 3.89. The summed E-state index contributed by atoms with van der Waals surface area (Å²) in [5.74, 6) is -0.151. The van der Waals surface area contributed by atoms with E-state index < -0.39 is 0 Å². The molecule has 1 N–H and O–H groups in total. The number of nitrogens with zero attached hydrogens (tertiary/aromatic N) is 3. The molecular weight excluding hydrogens is 360 g/mol. The summed E-state index contributed by atoms with van der Waals surface area (Å²) >= 11 is 6.50. The van der Waals surface area contributed by atoms with Gasteiger partial charge in [0, 0.05) is 12.1 Å². The molecule has 6 heteroatoms. The lowest BCUT2D eigenvalue weighted by molar-refractivity contribution is 0.0797. The molecule has 27 heavy (non-hydrogen) atoms. The zero-order chi connectivity index (χ0) is 19.4. The van der Waals surface area contributed by atoms with E-state index in [1.165, 1.54) is 19.3 Å². The molecule has 1 amide bonds. The van der Waals surface area contributed by atoms with E-state index >= 15 is 0 Å². The number of amides is 1. The first-order valence-corrected chi connectivity index (χ1v) is 10.1. The number of aromatic nitrogens is 2. The highest BCUT2D eigenvalue weighted by molar-refractivity contribution is 6.33. The Kier molecular flexibility index (Phi) is 6.22. The Morgan fingerprint density at radius 3 is 2.52 bits per heavy atom. The molecule has 0 unspecified atom stereocenters. The van der Waals surface area contributed by atoms with E-state index in [-0.39, 0.29) is 11.4 Å². The van der Waals surface area contributed by atoms with Crippen LogP contribution in [0.5, 0.6) is 0 Å². The van der Waals surface area contributed by atoms with Gasteiger partial charge in [-0.15, -0.1) is 0 Å². The fraction of sp³-hybridized carbons (Fsp3) is 0.524. The molecule has 1 aromatic carbocycles. The third-order valence-corrected chi connectivity index (χ3v) is 5.75. The molecule has 3 rings (SSSR count). The Labute approximate surface area is 166 Å². The van der Waals surface area contributed by atoms with Crippen LogP contribution in [0.3, 0.4) is 0 Å². The maximum absolute atomic E-state index is 12.8. The van der Waals surface area contributed by atoms with Crippen molar-refractivity contribution in [3.8, 4) is 0 Å². The summed E-state index contributed by atoms with van der Waals surface area (Å²) in [6.07, 6.45) is 3.76. The molecule has 0 spiro atoms. The van der Waals surface area contributed by atoms with Gasteiger partial charge in [0.25, 0.3) is 5.91 Å². The molecule has 146 valence electrons. The zero-order valence-electron chi connectivity index (χ0n) is 16.5. The lowest BCUT2D eigenvalue weighted by Gasteiger charge is -2.41. The van der Waals surface area contributed by atoms with E-state index in [9.17, 15) is 4.79 Å². The molecule has 0 radical (unpaired) electrons. The molecule has 1 aromatic heterocycles. The number of halogens is 1. The monoisotopic (exact) mass is 388 g/mol. The van der Waals surface area contributed by atoms with E-state index in [1.54, 1.807) is 4.68 Å². The van der Waals surface area contributed by atoms with Crippen LogP contribution in [0, 0.1) is 6.92 Å². The van der Waals surface area contributed by atoms with Crippen LogP contribution >= 0.6 is 11.6 Å². The van der Waals surface area contributed by atoms with Gasteiger partial charge in [-0.3, -0.25) is 9.69 Å². The van der Waals surface area contributed by atoms with Crippen molar-refractivity contribution in [3.63, 3.8) is 0 Å². The van der Waals surface area contributed by atoms with Crippen molar-refractivity contribution in [1.82, 2.24) is 20.0 Å². The average Bonchev–Trinajstić information content (AvgIpc) is 2.95. The van der Waals surface area contributed by atoms with E-state index in [0.29, 0.717) is 29.5 Å². The minimum atomic E-state index is -0.151. The van der Waals surface area contributed by atoms with Crippen molar-refractivity contribution < 1.29 is 4.79 Å². The number of hydrogen-bond acceptors (Lipinski definition) is 3. The molecule has 1 fully saturated rings. The van der Waals surface area contributed by atoms with Gasteiger partial charge in [-0.1, -0.05) is 48.4 Å². The largest absolute Gasteiger partial charge is 0.350 e. The normalized spacial score (nSPS) is 15.7. The number of carbonyl (C=O) groups is 1. The second kappa shape index (κ2) is 8.44. The Balaban J connectivity index is 1.67. The molecular formula is C21H29ClN4O. The number of carbonyl (C=O) groups excluding carboxylic acids is 1. The molecule has 2 aromatic rings. The molecule has 0 aliphatic carbocycles. The summed E-state index contributed by atoms with van der Waals surface area (Å²) in [5, 5.41) is 7.94. The van der Waals surface area contributed by atoms with Gasteiger partial charge in [0.2, 0.25) is 0 Å². The van der Waals surface area contributed by atoms with Gasteiger partial charge in [-0.05, 0) is 52.3 Å². The second-order valence-electron chi connectivity index (χ2n) is 7.94. The number of benzene rings is 1. The molecule has 0 bridgehead atoms. The van der Waals surface area contributed by atoms with Crippen molar-refractivity contribution in [2.75, 3.05) is 19.6 Å². The van der Waals surface area contributed by atoms with Crippen molar-refractivity contribution in [3.05, 3.63) is 52.3 Å². The summed E-state index contributed by atoms with van der Waals surface area (Å²) in [6, 6.07) is 9.98. The Morgan fingerprint density at radius 2 is 1.85 bits per heavy atom. The van der Waals surface area contributed by atoms with Crippen molar-refractivity contribution in [2.24, 2.45) is 0 Å². The Bertz CT molecular complexity index is 779. The standard InChI is InChI=1S/C21H29ClN4O/c1-16-18(19(22)26(24-16)14-17-10-6-4-7-11-17)20(27)23-15-21(2,3)25-12-8-5-9-13-25/h4,6-7,10-11H,5,8-9,12-15H2,1-3H3,(H,23,27). The minimum Gasteiger partial charge on any atom is -0.350 e. The van der Waals surface area contributed by atoms with Crippen LogP contribution in [0.4, 0.5) is 0 Å². The number of aryl methyl sites for hydroxylation is 1. The number of nitrogens with one attached hydrogen (secondary N) is 1. The Morgan fingerprint density at radius 1 is 1.19 bits per heavy atom. The molecule has 1 saturated heterocycles. The third kappa shape index (κ3) is 4.71. The van der Waals surface area contributed by atoms with Gasteiger partial charge < -0.3 is 5.32 Å².